The third-order valence-electron chi connectivity index (χ3n) is 7.18. The van der Waals surface area contributed by atoms with Crippen LogP contribution in [-0.4, -0.2) is 10.5 Å². The number of hydrogen-bond acceptors (Lipinski definition) is 1. The standard InChI is InChI=1S/C34H21OSi/c36-35-34-27-20-19-25-17-10-18-26-21-28(22-11-4-1-5-12-22)33(32(27)29(25)26)30(23-13-6-2-7-14-23)31(34)24-15-8-3-9-16-24/h1-21H. The number of rotatable bonds is 4. The molecule has 167 valence electrons. The fourth-order valence-electron chi connectivity index (χ4n) is 5.70. The summed E-state index contributed by atoms with van der Waals surface area (Å²) in [6, 6.07) is 45.3. The molecule has 0 amide bonds. The topological polar surface area (TPSA) is 9.23 Å². The van der Waals surface area contributed by atoms with Gasteiger partial charge in [0.25, 0.3) is 0 Å². The third kappa shape index (κ3) is 3.08. The smallest absolute Gasteiger partial charge is 0.341 e. The van der Waals surface area contributed by atoms with E-state index in [4.69, 9.17) is 4.43 Å². The van der Waals surface area contributed by atoms with E-state index < -0.39 is 0 Å². The van der Waals surface area contributed by atoms with Gasteiger partial charge in [0.2, 0.25) is 0 Å². The molecule has 0 atom stereocenters. The van der Waals surface area contributed by atoms with Crippen LogP contribution in [0.2, 0.25) is 0 Å². The van der Waals surface area contributed by atoms with Gasteiger partial charge >= 0.3 is 10.5 Å². The molecule has 0 saturated heterocycles. The molecule has 0 N–H and O–H groups in total. The van der Waals surface area contributed by atoms with Gasteiger partial charge in [0.1, 0.15) is 5.75 Å². The molecule has 0 saturated carbocycles. The van der Waals surface area contributed by atoms with E-state index in [1.165, 1.54) is 43.6 Å². The van der Waals surface area contributed by atoms with E-state index in [1.807, 2.05) is 0 Å². The molecule has 0 fully saturated rings. The molecular weight excluding hydrogens is 452 g/mol. The second-order valence-corrected chi connectivity index (χ2v) is 9.35. The van der Waals surface area contributed by atoms with Gasteiger partial charge in [-0.3, -0.25) is 0 Å². The predicted octanol–water partition coefficient (Wildman–Crippen LogP) is 9.05. The quantitative estimate of drug-likeness (QED) is 0.183. The molecule has 0 aliphatic heterocycles. The molecular formula is C34H21OSi. The van der Waals surface area contributed by atoms with E-state index in [2.05, 4.69) is 138 Å². The van der Waals surface area contributed by atoms with E-state index in [9.17, 15) is 0 Å². The second-order valence-electron chi connectivity index (χ2n) is 9.15. The first-order valence-corrected chi connectivity index (χ1v) is 12.5. The summed E-state index contributed by atoms with van der Waals surface area (Å²) >= 11 is 0. The first-order chi connectivity index (χ1) is 17.8. The maximum Gasteiger partial charge on any atom is 0.341 e. The molecule has 0 aliphatic carbocycles. The van der Waals surface area contributed by atoms with Crippen molar-refractivity contribution in [3.05, 3.63) is 127 Å². The highest BCUT2D eigenvalue weighted by Crippen LogP contribution is 2.53. The van der Waals surface area contributed by atoms with E-state index in [1.54, 1.807) is 0 Å². The van der Waals surface area contributed by atoms with Crippen LogP contribution in [0.4, 0.5) is 0 Å². The molecule has 7 aromatic rings. The van der Waals surface area contributed by atoms with Crippen LogP contribution in [0.1, 0.15) is 0 Å². The molecule has 0 aromatic heterocycles. The highest BCUT2D eigenvalue weighted by Gasteiger charge is 2.25. The Morgan fingerprint density at radius 1 is 0.444 bits per heavy atom. The SMILES string of the molecule is [Si]Oc1c(-c2ccccc2)c(-c2ccccc2)c2c(-c3ccccc3)cc3cccc4ccc1c2c43. The zero-order valence-corrected chi connectivity index (χ0v) is 20.5. The lowest BCUT2D eigenvalue weighted by atomic mass is 9.81. The molecule has 0 spiro atoms. The van der Waals surface area contributed by atoms with E-state index in [0.29, 0.717) is 0 Å². The van der Waals surface area contributed by atoms with Crippen LogP contribution in [-0.2, 0) is 0 Å². The van der Waals surface area contributed by atoms with Crippen molar-refractivity contribution in [3.63, 3.8) is 0 Å². The summed E-state index contributed by atoms with van der Waals surface area (Å²) in [7, 11) is 3.46. The van der Waals surface area contributed by atoms with Gasteiger partial charge in [-0.15, -0.1) is 0 Å². The first-order valence-electron chi connectivity index (χ1n) is 12.1. The van der Waals surface area contributed by atoms with Crippen LogP contribution in [0.15, 0.2) is 127 Å². The van der Waals surface area contributed by atoms with Gasteiger partial charge in [0.15, 0.2) is 0 Å². The van der Waals surface area contributed by atoms with Crippen molar-refractivity contribution in [1.82, 2.24) is 0 Å². The van der Waals surface area contributed by atoms with Gasteiger partial charge in [0, 0.05) is 21.9 Å². The molecule has 7 rings (SSSR count). The average Bonchev–Trinajstić information content (AvgIpc) is 2.96. The van der Waals surface area contributed by atoms with Gasteiger partial charge in [0.05, 0.1) is 0 Å². The Morgan fingerprint density at radius 3 is 1.67 bits per heavy atom. The lowest BCUT2D eigenvalue weighted by Crippen LogP contribution is -1.99. The number of hydrogen-bond donors (Lipinski definition) is 0. The average molecular weight is 474 g/mol. The molecule has 0 bridgehead atoms. The van der Waals surface area contributed by atoms with Crippen LogP contribution >= 0.6 is 0 Å². The normalized spacial score (nSPS) is 11.5. The van der Waals surface area contributed by atoms with Crippen LogP contribution in [0.3, 0.4) is 0 Å². The minimum Gasteiger partial charge on any atom is -0.540 e. The van der Waals surface area contributed by atoms with Crippen LogP contribution in [0, 0.1) is 0 Å². The molecule has 36 heavy (non-hydrogen) atoms. The second kappa shape index (κ2) is 8.37. The van der Waals surface area contributed by atoms with Crippen LogP contribution in [0.5, 0.6) is 5.75 Å². The zero-order valence-electron chi connectivity index (χ0n) is 19.5. The Kier molecular flexibility index (Phi) is 4.86. The summed E-state index contributed by atoms with van der Waals surface area (Å²) in [4.78, 5) is 0. The largest absolute Gasteiger partial charge is 0.540 e. The highest BCUT2D eigenvalue weighted by molar-refractivity contribution is 6.32. The fourth-order valence-corrected chi connectivity index (χ4v) is 5.91. The van der Waals surface area contributed by atoms with Gasteiger partial charge < -0.3 is 4.43 Å². The Hall–Kier alpha value is -4.40. The Bertz CT molecular complexity index is 1840. The Balaban J connectivity index is 1.82. The van der Waals surface area contributed by atoms with Crippen molar-refractivity contribution in [2.45, 2.75) is 0 Å². The van der Waals surface area contributed by atoms with E-state index >= 15 is 0 Å². The van der Waals surface area contributed by atoms with Gasteiger partial charge in [-0.05, 0) is 49.9 Å². The molecule has 2 heteroatoms. The highest BCUT2D eigenvalue weighted by atomic mass is 28.2. The lowest BCUT2D eigenvalue weighted by Gasteiger charge is -2.24. The summed E-state index contributed by atoms with van der Waals surface area (Å²) in [5, 5.41) is 7.31. The van der Waals surface area contributed by atoms with E-state index in [0.717, 1.165) is 27.8 Å². The molecule has 0 unspecified atom stereocenters. The summed E-state index contributed by atoms with van der Waals surface area (Å²) in [6.07, 6.45) is 0. The van der Waals surface area contributed by atoms with Gasteiger partial charge in [-0.1, -0.05) is 121 Å². The van der Waals surface area contributed by atoms with Gasteiger partial charge in [-0.25, -0.2) is 0 Å². The molecule has 7 aromatic carbocycles. The summed E-state index contributed by atoms with van der Waals surface area (Å²) in [5.41, 5.74) is 6.97. The van der Waals surface area contributed by atoms with Crippen molar-refractivity contribution in [3.8, 4) is 39.1 Å². The molecule has 3 radical (unpaired) electrons. The number of benzene rings is 7. The fraction of sp³-hybridized carbons (Fsp3) is 0. The molecule has 0 aliphatic rings. The maximum absolute atomic E-state index is 6.07. The zero-order chi connectivity index (χ0) is 24.1. The Morgan fingerprint density at radius 2 is 1.03 bits per heavy atom. The van der Waals surface area contributed by atoms with E-state index in [-0.39, 0.29) is 0 Å². The lowest BCUT2D eigenvalue weighted by molar-refractivity contribution is 0.626. The summed E-state index contributed by atoms with van der Waals surface area (Å²) in [5.74, 6) is 0.835. The first kappa shape index (κ1) is 20.9. The third-order valence-corrected chi connectivity index (χ3v) is 7.38. The molecule has 0 heterocycles. The predicted molar refractivity (Wildman–Crippen MR) is 153 cm³/mol. The van der Waals surface area contributed by atoms with Crippen LogP contribution in [0.25, 0.3) is 65.7 Å². The maximum atomic E-state index is 6.07. The monoisotopic (exact) mass is 473 g/mol. The minimum absolute atomic E-state index is 0.835. The van der Waals surface area contributed by atoms with Crippen molar-refractivity contribution in [2.24, 2.45) is 0 Å². The summed E-state index contributed by atoms with van der Waals surface area (Å²) in [6.45, 7) is 0. The van der Waals surface area contributed by atoms with Crippen molar-refractivity contribution < 1.29 is 4.43 Å². The van der Waals surface area contributed by atoms with Crippen molar-refractivity contribution in [1.29, 1.82) is 0 Å². The van der Waals surface area contributed by atoms with Gasteiger partial charge in [-0.2, -0.15) is 0 Å². The van der Waals surface area contributed by atoms with Crippen LogP contribution < -0.4 is 4.43 Å². The summed E-state index contributed by atoms with van der Waals surface area (Å²) < 4.78 is 6.07. The minimum atomic E-state index is 0.835. The molecule has 1 nitrogen and oxygen atoms in total. The van der Waals surface area contributed by atoms with Crippen molar-refractivity contribution >= 4 is 42.8 Å². The van der Waals surface area contributed by atoms with Crippen molar-refractivity contribution in [2.75, 3.05) is 0 Å². The Labute approximate surface area is 213 Å².